The predicted octanol–water partition coefficient (Wildman–Crippen LogP) is 2.58. The van der Waals surface area contributed by atoms with E-state index in [1.165, 1.54) is 24.3 Å². The second kappa shape index (κ2) is 7.25. The van der Waals surface area contributed by atoms with Gasteiger partial charge in [0.2, 0.25) is 5.41 Å². The largest absolute Gasteiger partial charge is 0.468 e. The molecule has 2 atom stereocenters. The summed E-state index contributed by atoms with van der Waals surface area (Å²) in [7, 11) is 2.33. The van der Waals surface area contributed by atoms with Gasteiger partial charge in [0.05, 0.1) is 25.2 Å². The Hall–Kier alpha value is -2.74. The summed E-state index contributed by atoms with van der Waals surface area (Å²) in [6, 6.07) is 5.45. The number of rotatable bonds is 5. The molecule has 8 heteroatoms. The fourth-order valence-electron chi connectivity index (χ4n) is 3.26. The second-order valence-electron chi connectivity index (χ2n) is 6.35. The fraction of sp³-hybridized carbons (Fsp3) is 0.444. The van der Waals surface area contributed by atoms with Crippen LogP contribution in [-0.2, 0) is 23.8 Å². The van der Waals surface area contributed by atoms with Crippen LogP contribution in [0.2, 0.25) is 0 Å². The molecular weight excluding hydrogens is 342 g/mol. The maximum Gasteiger partial charge on any atom is 0.330 e. The average Bonchev–Trinajstić information content (AvgIpc) is 2.94. The third-order valence-corrected chi connectivity index (χ3v) is 4.55. The topological polar surface area (TPSA) is 105 Å². The molecule has 8 nitrogen and oxygen atoms in total. The Labute approximate surface area is 150 Å². The van der Waals surface area contributed by atoms with Crippen molar-refractivity contribution < 1.29 is 28.7 Å². The van der Waals surface area contributed by atoms with Crippen molar-refractivity contribution in [2.45, 2.75) is 26.1 Å². The van der Waals surface area contributed by atoms with Crippen LogP contribution in [0.4, 0.5) is 5.69 Å². The molecule has 1 fully saturated rings. The van der Waals surface area contributed by atoms with Gasteiger partial charge in [-0.1, -0.05) is 20.4 Å². The number of esters is 2. The van der Waals surface area contributed by atoms with E-state index < -0.39 is 34.5 Å². The lowest BCUT2D eigenvalue weighted by molar-refractivity contribution is -0.384. The summed E-state index contributed by atoms with van der Waals surface area (Å²) in [5.41, 5.74) is -1.34. The molecule has 1 saturated heterocycles. The minimum absolute atomic E-state index is 0.0702. The van der Waals surface area contributed by atoms with Crippen LogP contribution in [0.25, 0.3) is 0 Å². The Morgan fingerprint density at radius 2 is 1.69 bits per heavy atom. The van der Waals surface area contributed by atoms with Gasteiger partial charge in [-0.3, -0.25) is 19.7 Å². The van der Waals surface area contributed by atoms with Gasteiger partial charge < -0.3 is 14.2 Å². The van der Waals surface area contributed by atoms with Gasteiger partial charge in [-0.05, 0) is 29.2 Å². The van der Waals surface area contributed by atoms with Crippen LogP contribution in [0, 0.1) is 21.4 Å². The molecule has 1 aromatic carbocycles. The van der Waals surface area contributed by atoms with E-state index in [1.807, 2.05) is 13.8 Å². The minimum Gasteiger partial charge on any atom is -0.468 e. The summed E-state index contributed by atoms with van der Waals surface area (Å²) in [6.45, 7) is 7.67. The zero-order valence-electron chi connectivity index (χ0n) is 15.1. The van der Waals surface area contributed by atoms with Crippen LogP contribution < -0.4 is 0 Å². The van der Waals surface area contributed by atoms with Gasteiger partial charge >= 0.3 is 11.9 Å². The van der Waals surface area contributed by atoms with Gasteiger partial charge in [-0.2, -0.15) is 0 Å². The van der Waals surface area contributed by atoms with Gasteiger partial charge in [-0.15, -0.1) is 0 Å². The summed E-state index contributed by atoms with van der Waals surface area (Å²) in [5.74, 6) is -1.76. The van der Waals surface area contributed by atoms with E-state index in [-0.39, 0.29) is 17.2 Å². The van der Waals surface area contributed by atoms with E-state index in [4.69, 9.17) is 14.2 Å². The first kappa shape index (κ1) is 19.6. The number of ether oxygens (including phenoxy) is 3. The molecule has 2 unspecified atom stereocenters. The predicted molar refractivity (Wildman–Crippen MR) is 91.2 cm³/mol. The second-order valence-corrected chi connectivity index (χ2v) is 6.35. The lowest BCUT2D eigenvalue weighted by atomic mass is 9.72. The Morgan fingerprint density at radius 1 is 1.19 bits per heavy atom. The highest BCUT2D eigenvalue weighted by Gasteiger charge is 2.65. The Balaban J connectivity index is 2.65. The molecule has 1 aliphatic rings. The minimum atomic E-state index is -1.88. The normalized spacial score (nSPS) is 21.5. The zero-order valence-corrected chi connectivity index (χ0v) is 15.1. The van der Waals surface area contributed by atoms with Crippen LogP contribution in [0.1, 0.15) is 25.5 Å². The Bertz CT molecular complexity index is 722. The van der Waals surface area contributed by atoms with Gasteiger partial charge in [0.15, 0.2) is 0 Å². The van der Waals surface area contributed by atoms with Crippen molar-refractivity contribution in [3.05, 3.63) is 52.1 Å². The number of non-ortho nitro benzene ring substituents is 1. The van der Waals surface area contributed by atoms with Crippen molar-refractivity contribution in [2.75, 3.05) is 14.2 Å². The molecule has 26 heavy (non-hydrogen) atoms. The third kappa shape index (κ3) is 2.86. The van der Waals surface area contributed by atoms with Crippen molar-refractivity contribution in [3.63, 3.8) is 0 Å². The first-order chi connectivity index (χ1) is 12.2. The number of nitro groups is 1. The van der Waals surface area contributed by atoms with Crippen LogP contribution in [0.5, 0.6) is 0 Å². The molecule has 0 aromatic heterocycles. The smallest absolute Gasteiger partial charge is 0.330 e. The molecule has 1 heterocycles. The van der Waals surface area contributed by atoms with Crippen molar-refractivity contribution in [1.29, 1.82) is 0 Å². The van der Waals surface area contributed by atoms with Gasteiger partial charge in [0, 0.05) is 12.1 Å². The van der Waals surface area contributed by atoms with Crippen molar-refractivity contribution >= 4 is 17.6 Å². The highest BCUT2D eigenvalue weighted by molar-refractivity contribution is 6.05. The average molecular weight is 363 g/mol. The highest BCUT2D eigenvalue weighted by atomic mass is 16.6. The van der Waals surface area contributed by atoms with Crippen LogP contribution in [-0.4, -0.2) is 37.2 Å². The number of methoxy groups -OCH3 is 2. The Kier molecular flexibility index (Phi) is 5.46. The van der Waals surface area contributed by atoms with Crippen molar-refractivity contribution in [3.8, 4) is 0 Å². The molecule has 1 aromatic rings. The molecule has 0 bridgehead atoms. The maximum absolute atomic E-state index is 12.7. The number of nitrogens with zero attached hydrogens (tertiary/aromatic N) is 1. The van der Waals surface area contributed by atoms with Crippen molar-refractivity contribution in [2.24, 2.45) is 11.3 Å². The van der Waals surface area contributed by atoms with Crippen LogP contribution in [0.3, 0.4) is 0 Å². The van der Waals surface area contributed by atoms with E-state index in [0.29, 0.717) is 5.56 Å². The lowest BCUT2D eigenvalue weighted by Crippen LogP contribution is -2.45. The van der Waals surface area contributed by atoms with Crippen LogP contribution in [0.15, 0.2) is 36.4 Å². The summed E-state index contributed by atoms with van der Waals surface area (Å²) >= 11 is 0. The van der Waals surface area contributed by atoms with Gasteiger partial charge in [-0.25, -0.2) is 0 Å². The van der Waals surface area contributed by atoms with E-state index in [0.717, 1.165) is 14.2 Å². The van der Waals surface area contributed by atoms with E-state index in [9.17, 15) is 19.7 Å². The molecule has 0 aliphatic carbocycles. The fourth-order valence-corrected chi connectivity index (χ4v) is 3.26. The first-order valence-corrected chi connectivity index (χ1v) is 7.97. The highest BCUT2D eigenvalue weighted by Crippen LogP contribution is 2.54. The number of benzene rings is 1. The first-order valence-electron chi connectivity index (χ1n) is 7.97. The lowest BCUT2D eigenvalue weighted by Gasteiger charge is -2.29. The molecule has 0 saturated carbocycles. The molecule has 0 spiro atoms. The number of hydrogen-bond acceptors (Lipinski definition) is 7. The van der Waals surface area contributed by atoms with Gasteiger partial charge in [0.1, 0.15) is 6.10 Å². The molecular formula is C18H21NO7. The summed E-state index contributed by atoms with van der Waals surface area (Å²) in [4.78, 5) is 35.7. The third-order valence-electron chi connectivity index (χ3n) is 4.55. The van der Waals surface area contributed by atoms with Crippen LogP contribution >= 0.6 is 0 Å². The number of carbonyl (C=O) groups is 2. The SMILES string of the molecule is C=C1C(C(C)C)OC(c2ccc([N+](=O)[O-])cc2)C1(C(=O)OC)C(=O)OC. The number of nitro benzene ring substituents is 1. The summed E-state index contributed by atoms with van der Waals surface area (Å²) < 4.78 is 15.8. The maximum atomic E-state index is 12.7. The van der Waals surface area contributed by atoms with E-state index in [2.05, 4.69) is 6.58 Å². The quantitative estimate of drug-likeness (QED) is 0.260. The van der Waals surface area contributed by atoms with Gasteiger partial charge in [0.25, 0.3) is 5.69 Å². The van der Waals surface area contributed by atoms with Crippen molar-refractivity contribution in [1.82, 2.24) is 0 Å². The summed E-state index contributed by atoms with van der Waals surface area (Å²) in [5, 5.41) is 10.9. The standard InChI is InChI=1S/C18H21NO7/c1-10(2)14-11(3)18(16(20)24-4,17(21)25-5)15(26-14)12-6-8-13(9-7-12)19(22)23/h6-10,14-15H,3H2,1-2,4-5H3. The molecule has 1 aliphatic heterocycles. The molecule has 140 valence electrons. The zero-order chi connectivity index (χ0) is 19.6. The monoisotopic (exact) mass is 363 g/mol. The number of carbonyl (C=O) groups excluding carboxylic acids is 2. The molecule has 0 amide bonds. The Morgan fingerprint density at radius 3 is 2.08 bits per heavy atom. The number of hydrogen-bond donors (Lipinski definition) is 0. The summed E-state index contributed by atoms with van der Waals surface area (Å²) in [6.07, 6.45) is -1.66. The van der Waals surface area contributed by atoms with E-state index in [1.54, 1.807) is 0 Å². The molecule has 2 rings (SSSR count). The van der Waals surface area contributed by atoms with E-state index >= 15 is 0 Å². The molecule has 0 radical (unpaired) electrons. The molecule has 0 N–H and O–H groups in total.